The van der Waals surface area contributed by atoms with E-state index in [1.807, 2.05) is 12.1 Å². The fourth-order valence-electron chi connectivity index (χ4n) is 4.33. The minimum Gasteiger partial charge on any atom is -0.487 e. The molecule has 198 valence electrons. The molecule has 0 radical (unpaired) electrons. The monoisotopic (exact) mass is 573 g/mol. The Morgan fingerprint density at radius 1 is 1.14 bits per heavy atom. The van der Waals surface area contributed by atoms with Gasteiger partial charge in [-0.25, -0.2) is 4.39 Å². The average Bonchev–Trinajstić information content (AvgIpc) is 3.21. The molecule has 0 fully saturated rings. The maximum absolute atomic E-state index is 13.0. The van der Waals surface area contributed by atoms with Gasteiger partial charge in [-0.2, -0.15) is 0 Å². The molecular weight excluding hydrogens is 540 g/mol. The molecular formula is C28H33AsFNO6. The molecule has 3 aromatic carbocycles. The van der Waals surface area contributed by atoms with E-state index in [-0.39, 0.29) is 21.7 Å². The summed E-state index contributed by atoms with van der Waals surface area (Å²) in [4.78, 5) is 10.7. The second-order valence-electron chi connectivity index (χ2n) is 9.63. The van der Waals surface area contributed by atoms with Gasteiger partial charge in [0.1, 0.15) is 17.2 Å². The van der Waals surface area contributed by atoms with Crippen LogP contribution in [-0.2, 0) is 25.3 Å². The number of benzene rings is 3. The Morgan fingerprint density at radius 3 is 2.43 bits per heavy atom. The largest absolute Gasteiger partial charge is 0.487 e. The van der Waals surface area contributed by atoms with Crippen molar-refractivity contribution in [2.75, 3.05) is 5.32 Å². The zero-order chi connectivity index (χ0) is 27.4. The second kappa shape index (κ2) is 11.7. The molecule has 2 atom stereocenters. The van der Waals surface area contributed by atoms with Gasteiger partial charge in [0, 0.05) is 12.0 Å². The van der Waals surface area contributed by atoms with E-state index >= 15 is 0 Å². The minimum atomic E-state index is -4.83. The number of hydrogen-bond acceptors (Lipinski definition) is 5. The number of carbonyl (C=O) groups is 1. The van der Waals surface area contributed by atoms with E-state index < -0.39 is 14.2 Å². The van der Waals surface area contributed by atoms with Gasteiger partial charge >= 0.3 is 88.4 Å². The van der Waals surface area contributed by atoms with Crippen LogP contribution in [0.4, 0.5) is 10.1 Å². The normalized spacial score (nSPS) is 17.6. The Bertz CT molecular complexity index is 1330. The fraction of sp³-hybridized carbons (Fsp3) is 0.321. The number of hydrogen-bond donors (Lipinski definition) is 3. The summed E-state index contributed by atoms with van der Waals surface area (Å²) in [7, 11) is 0. The molecule has 37 heavy (non-hydrogen) atoms. The van der Waals surface area contributed by atoms with Gasteiger partial charge in [-0.1, -0.05) is 18.2 Å². The summed E-state index contributed by atoms with van der Waals surface area (Å²) >= 11 is -4.83. The number of rotatable bonds is 6. The Balaban J connectivity index is 0.000000222. The molecule has 0 aliphatic carbocycles. The van der Waals surface area contributed by atoms with E-state index in [9.17, 15) is 17.0 Å². The van der Waals surface area contributed by atoms with Crippen molar-refractivity contribution in [2.45, 2.75) is 59.5 Å². The van der Waals surface area contributed by atoms with E-state index in [0.717, 1.165) is 30.6 Å². The molecule has 1 amide bonds. The SMILES string of the molecule is CC(=O)Nc1cccc([As](=O)(O)OO)c1.Cc1cc(C)c2c(c1C)OC(C)(CCc1ccc(F)cc1)C2. The van der Waals surface area contributed by atoms with Crippen molar-refractivity contribution >= 4 is 30.1 Å². The van der Waals surface area contributed by atoms with E-state index in [1.165, 1.54) is 59.5 Å². The first-order chi connectivity index (χ1) is 17.3. The summed E-state index contributed by atoms with van der Waals surface area (Å²) in [5.74, 6) is 0.609. The van der Waals surface area contributed by atoms with Crippen LogP contribution in [0.15, 0.2) is 54.6 Å². The van der Waals surface area contributed by atoms with Gasteiger partial charge in [0.05, 0.1) is 0 Å². The number of nitrogens with one attached hydrogen (secondary N) is 1. The predicted molar refractivity (Wildman–Crippen MR) is 141 cm³/mol. The van der Waals surface area contributed by atoms with Crippen LogP contribution >= 0.6 is 0 Å². The van der Waals surface area contributed by atoms with Gasteiger partial charge in [0.25, 0.3) is 0 Å². The van der Waals surface area contributed by atoms with E-state index in [0.29, 0.717) is 5.69 Å². The summed E-state index contributed by atoms with van der Waals surface area (Å²) in [6, 6.07) is 14.7. The van der Waals surface area contributed by atoms with Gasteiger partial charge in [-0.3, -0.25) is 0 Å². The number of anilines is 1. The molecule has 1 aliphatic heterocycles. The third kappa shape index (κ3) is 7.33. The van der Waals surface area contributed by atoms with E-state index in [2.05, 4.69) is 43.0 Å². The van der Waals surface area contributed by atoms with Gasteiger partial charge in [-0.05, 0) is 74.9 Å². The van der Waals surface area contributed by atoms with E-state index in [4.69, 9.17) is 9.99 Å². The van der Waals surface area contributed by atoms with Crippen molar-refractivity contribution in [3.63, 3.8) is 0 Å². The molecule has 0 saturated heterocycles. The van der Waals surface area contributed by atoms with Crippen LogP contribution in [0.3, 0.4) is 0 Å². The van der Waals surface area contributed by atoms with Crippen LogP contribution in [0.2, 0.25) is 0 Å². The molecule has 0 aromatic heterocycles. The number of fused-ring (bicyclic) bond motifs is 1. The number of halogens is 1. The molecule has 3 N–H and O–H groups in total. The number of ether oxygens (including phenoxy) is 1. The smallest absolute Gasteiger partial charge is 0.126 e. The molecule has 3 aromatic rings. The minimum absolute atomic E-state index is 0.0399. The zero-order valence-electron chi connectivity index (χ0n) is 21.7. The van der Waals surface area contributed by atoms with Crippen LogP contribution in [0.25, 0.3) is 0 Å². The molecule has 0 saturated carbocycles. The summed E-state index contributed by atoms with van der Waals surface area (Å²) in [6.07, 6.45) is 2.80. The summed E-state index contributed by atoms with van der Waals surface area (Å²) < 4.78 is 43.3. The van der Waals surface area contributed by atoms with Gasteiger partial charge in [-0.15, -0.1) is 0 Å². The first kappa shape index (κ1) is 28.7. The van der Waals surface area contributed by atoms with Gasteiger partial charge in [0.2, 0.25) is 0 Å². The molecule has 4 rings (SSSR count). The van der Waals surface area contributed by atoms with Crippen molar-refractivity contribution in [1.29, 1.82) is 0 Å². The second-order valence-corrected chi connectivity index (χ2v) is 13.2. The molecule has 7 nitrogen and oxygen atoms in total. The fourth-order valence-corrected chi connectivity index (χ4v) is 5.74. The topological polar surface area (TPSA) is 105 Å². The molecule has 0 spiro atoms. The molecule has 1 aliphatic rings. The van der Waals surface area contributed by atoms with Crippen LogP contribution in [0.5, 0.6) is 5.75 Å². The van der Waals surface area contributed by atoms with Crippen LogP contribution in [-0.4, -0.2) is 35.0 Å². The Labute approximate surface area is 219 Å². The average molecular weight is 573 g/mol. The Morgan fingerprint density at radius 2 is 1.81 bits per heavy atom. The summed E-state index contributed by atoms with van der Waals surface area (Å²) in [5, 5.41) is 10.7. The third-order valence-electron chi connectivity index (χ3n) is 6.47. The number of aryl methyl sites for hydroxylation is 3. The van der Waals surface area contributed by atoms with Crippen molar-refractivity contribution in [3.8, 4) is 5.75 Å². The third-order valence-corrected chi connectivity index (χ3v) is 8.89. The van der Waals surface area contributed by atoms with Gasteiger partial charge < -0.3 is 4.74 Å². The van der Waals surface area contributed by atoms with Crippen LogP contribution < -0.4 is 14.4 Å². The molecule has 0 bridgehead atoms. The Kier molecular flexibility index (Phi) is 9.03. The van der Waals surface area contributed by atoms with Crippen molar-refractivity contribution < 1.29 is 30.9 Å². The maximum atomic E-state index is 13.0. The van der Waals surface area contributed by atoms with Crippen LogP contribution in [0, 0.1) is 26.6 Å². The Hall–Kier alpha value is -2.90. The zero-order valence-corrected chi connectivity index (χ0v) is 23.5. The summed E-state index contributed by atoms with van der Waals surface area (Å²) in [5.41, 5.74) is 6.58. The first-order valence-corrected chi connectivity index (χ1v) is 15.2. The molecule has 1 heterocycles. The van der Waals surface area contributed by atoms with Gasteiger partial charge in [0.15, 0.2) is 0 Å². The molecule has 2 unspecified atom stereocenters. The van der Waals surface area contributed by atoms with Crippen molar-refractivity contribution in [3.05, 3.63) is 88.2 Å². The first-order valence-electron chi connectivity index (χ1n) is 11.9. The molecule has 9 heteroatoms. The summed E-state index contributed by atoms with van der Waals surface area (Å²) in [6.45, 7) is 9.95. The quantitative estimate of drug-likeness (QED) is 0.223. The number of amides is 1. The number of carbonyl (C=O) groups excluding carboxylic acids is 1. The maximum Gasteiger partial charge on any atom is 0.126 e. The van der Waals surface area contributed by atoms with Crippen molar-refractivity contribution in [1.82, 2.24) is 0 Å². The standard InChI is InChI=1S/C20H23FO.C8H10AsNO5/c1-13-11-14(2)18-12-20(4,22-19(18)15(13)3)10-9-16-5-7-17(21)8-6-16;1-6(11)10-8-4-2-3-7(5-8)9(12,13)15-14/h5-8,11H,9-10,12H2,1-4H3;2-5,14H,1H3,(H,10,11)(H,12,13). The van der Waals surface area contributed by atoms with Crippen LogP contribution in [0.1, 0.15) is 48.1 Å². The van der Waals surface area contributed by atoms with Crippen molar-refractivity contribution in [2.24, 2.45) is 0 Å². The predicted octanol–water partition coefficient (Wildman–Crippen LogP) is 4.78. The van der Waals surface area contributed by atoms with E-state index in [1.54, 1.807) is 6.07 Å².